The van der Waals surface area contributed by atoms with Gasteiger partial charge in [0.25, 0.3) is 0 Å². The number of carbonyl (C=O) groups is 1. The minimum Gasteiger partial charge on any atom is -0.486 e. The van der Waals surface area contributed by atoms with E-state index in [-0.39, 0.29) is 6.61 Å². The lowest BCUT2D eigenvalue weighted by molar-refractivity contribution is 0.0467. The highest BCUT2D eigenvalue weighted by Crippen LogP contribution is 2.31. The van der Waals surface area contributed by atoms with Crippen molar-refractivity contribution in [3.63, 3.8) is 0 Å². The molecule has 0 spiro atoms. The predicted octanol–water partition coefficient (Wildman–Crippen LogP) is 4.01. The highest BCUT2D eigenvalue weighted by molar-refractivity contribution is 7.13. The van der Waals surface area contributed by atoms with Crippen LogP contribution in [-0.2, 0) is 11.3 Å². The maximum absolute atomic E-state index is 12.2. The van der Waals surface area contributed by atoms with E-state index >= 15 is 0 Å². The molecule has 6 nitrogen and oxygen atoms in total. The zero-order chi connectivity index (χ0) is 17.8. The van der Waals surface area contributed by atoms with Crippen LogP contribution in [0, 0.1) is 0 Å². The Kier molecular flexibility index (Phi) is 4.70. The Morgan fingerprint density at radius 1 is 1.12 bits per heavy atom. The molecule has 1 aliphatic heterocycles. The van der Waals surface area contributed by atoms with Gasteiger partial charge < -0.3 is 19.5 Å². The van der Waals surface area contributed by atoms with Crippen LogP contribution in [0.3, 0.4) is 0 Å². The molecule has 7 heteroatoms. The summed E-state index contributed by atoms with van der Waals surface area (Å²) >= 11 is 1.46. The number of aromatic nitrogens is 1. The summed E-state index contributed by atoms with van der Waals surface area (Å²) in [6, 6.07) is 14.8. The van der Waals surface area contributed by atoms with E-state index in [9.17, 15) is 4.79 Å². The first-order valence-electron chi connectivity index (χ1n) is 8.11. The van der Waals surface area contributed by atoms with Gasteiger partial charge in [0.05, 0.1) is 11.3 Å². The van der Waals surface area contributed by atoms with Crippen molar-refractivity contribution in [1.29, 1.82) is 0 Å². The lowest BCUT2D eigenvalue weighted by atomic mass is 10.2. The molecule has 2 aromatic carbocycles. The van der Waals surface area contributed by atoms with Gasteiger partial charge in [-0.05, 0) is 30.3 Å². The van der Waals surface area contributed by atoms with E-state index in [2.05, 4.69) is 10.3 Å². The molecule has 1 aliphatic rings. The van der Waals surface area contributed by atoms with Gasteiger partial charge in [-0.1, -0.05) is 18.2 Å². The minimum absolute atomic E-state index is 0.111. The summed E-state index contributed by atoms with van der Waals surface area (Å²) in [5.41, 5.74) is 2.08. The van der Waals surface area contributed by atoms with Crippen LogP contribution in [-0.4, -0.2) is 24.2 Å². The first kappa shape index (κ1) is 16.4. The van der Waals surface area contributed by atoms with E-state index in [0.29, 0.717) is 36.0 Å². The van der Waals surface area contributed by atoms with Gasteiger partial charge in [-0.25, -0.2) is 9.78 Å². The number of para-hydroxylation sites is 1. The Hall–Kier alpha value is -3.06. The number of anilines is 2. The molecule has 1 aromatic heterocycles. The van der Waals surface area contributed by atoms with E-state index in [1.165, 1.54) is 11.3 Å². The van der Waals surface area contributed by atoms with E-state index in [4.69, 9.17) is 14.2 Å². The van der Waals surface area contributed by atoms with Crippen molar-refractivity contribution >= 4 is 28.1 Å². The second-order valence-electron chi connectivity index (χ2n) is 5.57. The van der Waals surface area contributed by atoms with E-state index in [1.54, 1.807) is 18.2 Å². The number of benzene rings is 2. The Balaban J connectivity index is 1.36. The van der Waals surface area contributed by atoms with Crippen molar-refractivity contribution in [3.05, 3.63) is 65.2 Å². The highest BCUT2D eigenvalue weighted by Gasteiger charge is 2.16. The third-order valence-electron chi connectivity index (χ3n) is 3.71. The molecular weight excluding hydrogens is 352 g/mol. The number of nitrogens with zero attached hydrogens (tertiary/aromatic N) is 1. The van der Waals surface area contributed by atoms with Crippen LogP contribution in [0.25, 0.3) is 0 Å². The number of hydrogen-bond acceptors (Lipinski definition) is 7. The Bertz CT molecular complexity index is 911. The number of thiazole rings is 1. The number of fused-ring (bicyclic) bond motifs is 1. The van der Waals surface area contributed by atoms with Gasteiger partial charge >= 0.3 is 5.97 Å². The highest BCUT2D eigenvalue weighted by atomic mass is 32.1. The van der Waals surface area contributed by atoms with Crippen molar-refractivity contribution in [2.45, 2.75) is 6.61 Å². The molecule has 0 bridgehead atoms. The number of nitrogens with one attached hydrogen (secondary N) is 1. The number of rotatable bonds is 5. The molecule has 4 rings (SSSR count). The maximum Gasteiger partial charge on any atom is 0.338 e. The largest absolute Gasteiger partial charge is 0.486 e. The first-order valence-corrected chi connectivity index (χ1v) is 8.99. The predicted molar refractivity (Wildman–Crippen MR) is 98.4 cm³/mol. The Labute approximate surface area is 154 Å². The van der Waals surface area contributed by atoms with E-state index in [0.717, 1.165) is 10.8 Å². The zero-order valence-electron chi connectivity index (χ0n) is 13.8. The van der Waals surface area contributed by atoms with Gasteiger partial charge in [0.2, 0.25) is 0 Å². The fourth-order valence-electron chi connectivity index (χ4n) is 2.47. The average Bonchev–Trinajstić information content (AvgIpc) is 3.14. The lowest BCUT2D eigenvalue weighted by Crippen LogP contribution is -2.16. The summed E-state index contributed by atoms with van der Waals surface area (Å²) in [5.74, 6) is 0.783. The van der Waals surface area contributed by atoms with Crippen LogP contribution in [0.15, 0.2) is 53.9 Å². The number of hydrogen-bond donors (Lipinski definition) is 1. The van der Waals surface area contributed by atoms with Crippen molar-refractivity contribution in [2.75, 3.05) is 18.5 Å². The molecule has 0 atom stereocenters. The maximum atomic E-state index is 12.2. The Morgan fingerprint density at radius 3 is 2.77 bits per heavy atom. The van der Waals surface area contributed by atoms with Gasteiger partial charge in [0, 0.05) is 11.1 Å². The topological polar surface area (TPSA) is 69.7 Å². The molecule has 0 unspecified atom stereocenters. The molecule has 132 valence electrons. The molecule has 26 heavy (non-hydrogen) atoms. The normalized spacial score (nSPS) is 12.5. The van der Waals surface area contributed by atoms with Gasteiger partial charge in [-0.15, -0.1) is 11.3 Å². The summed E-state index contributed by atoms with van der Waals surface area (Å²) in [5, 5.41) is 5.83. The SMILES string of the molecule is O=C(OCc1csc(Nc2ccccc2)n1)c1ccc2c(c1)OCCO2. The van der Waals surface area contributed by atoms with Crippen molar-refractivity contribution in [2.24, 2.45) is 0 Å². The van der Waals surface area contributed by atoms with Gasteiger partial charge in [-0.2, -0.15) is 0 Å². The molecule has 0 fully saturated rings. The number of ether oxygens (including phenoxy) is 3. The second kappa shape index (κ2) is 7.45. The molecule has 0 aliphatic carbocycles. The zero-order valence-corrected chi connectivity index (χ0v) is 14.6. The van der Waals surface area contributed by atoms with Crippen molar-refractivity contribution < 1.29 is 19.0 Å². The van der Waals surface area contributed by atoms with Crippen LogP contribution in [0.2, 0.25) is 0 Å². The van der Waals surface area contributed by atoms with Crippen LogP contribution in [0.4, 0.5) is 10.8 Å². The molecule has 0 amide bonds. The van der Waals surface area contributed by atoms with E-state index < -0.39 is 5.97 Å². The third-order valence-corrected chi connectivity index (χ3v) is 4.51. The molecule has 3 aromatic rings. The van der Waals surface area contributed by atoms with Crippen molar-refractivity contribution in [3.8, 4) is 11.5 Å². The summed E-state index contributed by atoms with van der Waals surface area (Å²) in [4.78, 5) is 16.7. The minimum atomic E-state index is -0.424. The van der Waals surface area contributed by atoms with Crippen molar-refractivity contribution in [1.82, 2.24) is 4.98 Å². The third kappa shape index (κ3) is 3.78. The summed E-state index contributed by atoms with van der Waals surface area (Å²) in [6.07, 6.45) is 0. The molecule has 0 saturated carbocycles. The fourth-order valence-corrected chi connectivity index (χ4v) is 3.18. The molecule has 0 saturated heterocycles. The van der Waals surface area contributed by atoms with Gasteiger partial charge in [0.15, 0.2) is 16.6 Å². The molecule has 0 radical (unpaired) electrons. The van der Waals surface area contributed by atoms with Crippen LogP contribution >= 0.6 is 11.3 Å². The quantitative estimate of drug-likeness (QED) is 0.686. The number of carbonyl (C=O) groups excluding carboxylic acids is 1. The molecule has 2 heterocycles. The van der Waals surface area contributed by atoms with Crippen LogP contribution in [0.1, 0.15) is 16.1 Å². The molecular formula is C19H16N2O4S. The lowest BCUT2D eigenvalue weighted by Gasteiger charge is -2.18. The van der Waals surface area contributed by atoms with E-state index in [1.807, 2.05) is 35.7 Å². The standard InChI is InChI=1S/C19H16N2O4S/c22-18(13-6-7-16-17(10-13)24-9-8-23-16)25-11-15-12-26-19(21-15)20-14-4-2-1-3-5-14/h1-7,10,12H,8-9,11H2,(H,20,21). The summed E-state index contributed by atoms with van der Waals surface area (Å²) in [7, 11) is 0. The first-order chi connectivity index (χ1) is 12.8. The monoisotopic (exact) mass is 368 g/mol. The average molecular weight is 368 g/mol. The van der Waals surface area contributed by atoms with Gasteiger partial charge in [-0.3, -0.25) is 0 Å². The smallest absolute Gasteiger partial charge is 0.338 e. The molecule has 1 N–H and O–H groups in total. The summed E-state index contributed by atoms with van der Waals surface area (Å²) in [6.45, 7) is 1.10. The Morgan fingerprint density at radius 2 is 1.92 bits per heavy atom. The second-order valence-corrected chi connectivity index (χ2v) is 6.43. The summed E-state index contributed by atoms with van der Waals surface area (Å²) < 4.78 is 16.3. The van der Waals surface area contributed by atoms with Crippen LogP contribution in [0.5, 0.6) is 11.5 Å². The van der Waals surface area contributed by atoms with Gasteiger partial charge in [0.1, 0.15) is 19.8 Å². The fraction of sp³-hybridized carbons (Fsp3) is 0.158. The number of esters is 1. The van der Waals surface area contributed by atoms with Crippen LogP contribution < -0.4 is 14.8 Å².